The first-order valence-electron chi connectivity index (χ1n) is 4.42. The van der Waals surface area contributed by atoms with Gasteiger partial charge in [0.25, 0.3) is 0 Å². The second-order valence-electron chi connectivity index (χ2n) is 3.30. The average molecular weight is 276 g/mol. The number of rotatable bonds is 1. The molecule has 0 fully saturated rings. The van der Waals surface area contributed by atoms with E-state index in [0.717, 1.165) is 28.9 Å². The molecule has 0 aromatic carbocycles. The van der Waals surface area contributed by atoms with Gasteiger partial charge in [0.2, 0.25) is 0 Å². The summed E-state index contributed by atoms with van der Waals surface area (Å²) < 4.78 is 5.66. The molecule has 1 aliphatic carbocycles. The second-order valence-corrected chi connectivity index (χ2v) is 5.66. The lowest BCUT2D eigenvalue weighted by Crippen LogP contribution is -2.22. The molecule has 1 unspecified atom stereocenters. The van der Waals surface area contributed by atoms with Gasteiger partial charge in [0, 0.05) is 4.88 Å². The van der Waals surface area contributed by atoms with Crippen LogP contribution in [0.5, 0.6) is 0 Å². The Hall–Kier alpha value is -0.420. The monoisotopic (exact) mass is 275 g/mol. The van der Waals surface area contributed by atoms with Crippen molar-refractivity contribution < 1.29 is 9.53 Å². The maximum atomic E-state index is 11.3. The Morgan fingerprint density at radius 3 is 3.21 bits per heavy atom. The fraction of sp³-hybridized carbons (Fsp3) is 0.556. The summed E-state index contributed by atoms with van der Waals surface area (Å²) in [5.41, 5.74) is 1.14. The molecule has 0 radical (unpaired) electrons. The van der Waals surface area contributed by atoms with Crippen molar-refractivity contribution in [3.05, 3.63) is 14.5 Å². The number of aromatic nitrogens is 1. The summed E-state index contributed by atoms with van der Waals surface area (Å²) >= 11 is 4.98. The van der Waals surface area contributed by atoms with Crippen molar-refractivity contribution in [2.24, 2.45) is 5.92 Å². The maximum Gasteiger partial charge on any atom is 0.309 e. The Kier molecular flexibility index (Phi) is 2.88. The molecule has 1 atom stereocenters. The summed E-state index contributed by atoms with van der Waals surface area (Å²) in [5.74, 6) is -0.0694. The van der Waals surface area contributed by atoms with E-state index in [0.29, 0.717) is 0 Å². The van der Waals surface area contributed by atoms with Gasteiger partial charge in [0.05, 0.1) is 18.7 Å². The Morgan fingerprint density at radius 2 is 2.50 bits per heavy atom. The van der Waals surface area contributed by atoms with Crippen LogP contribution in [0.25, 0.3) is 0 Å². The van der Waals surface area contributed by atoms with Gasteiger partial charge in [0.15, 0.2) is 3.92 Å². The summed E-state index contributed by atoms with van der Waals surface area (Å²) in [6, 6.07) is 0. The number of halogens is 1. The zero-order valence-electron chi connectivity index (χ0n) is 7.75. The highest BCUT2D eigenvalue weighted by atomic mass is 79.9. The molecule has 0 saturated carbocycles. The lowest BCUT2D eigenvalue weighted by Gasteiger charge is -2.18. The molecule has 0 saturated heterocycles. The van der Waals surface area contributed by atoms with Crippen molar-refractivity contribution >= 4 is 33.2 Å². The molecule has 2 rings (SSSR count). The summed E-state index contributed by atoms with van der Waals surface area (Å²) in [7, 11) is 1.44. The van der Waals surface area contributed by atoms with E-state index in [2.05, 4.69) is 20.9 Å². The minimum atomic E-state index is -0.0971. The quantitative estimate of drug-likeness (QED) is 0.738. The Labute approximate surface area is 94.6 Å². The molecule has 1 aromatic rings. The van der Waals surface area contributed by atoms with E-state index in [1.807, 2.05) is 0 Å². The zero-order valence-corrected chi connectivity index (χ0v) is 10.2. The van der Waals surface area contributed by atoms with Crippen molar-refractivity contribution in [3.63, 3.8) is 0 Å². The predicted octanol–water partition coefficient (Wildman–Crippen LogP) is 2.18. The number of esters is 1. The normalized spacial score (nSPS) is 20.3. The van der Waals surface area contributed by atoms with E-state index in [4.69, 9.17) is 4.74 Å². The molecule has 1 aromatic heterocycles. The highest BCUT2D eigenvalue weighted by molar-refractivity contribution is 9.11. The van der Waals surface area contributed by atoms with Crippen molar-refractivity contribution in [2.45, 2.75) is 19.3 Å². The van der Waals surface area contributed by atoms with Crippen LogP contribution in [0.1, 0.15) is 17.0 Å². The van der Waals surface area contributed by atoms with Crippen LogP contribution < -0.4 is 0 Å². The first-order valence-corrected chi connectivity index (χ1v) is 6.03. The minimum Gasteiger partial charge on any atom is -0.469 e. The maximum absolute atomic E-state index is 11.3. The number of carbonyl (C=O) groups is 1. The largest absolute Gasteiger partial charge is 0.469 e. The van der Waals surface area contributed by atoms with Gasteiger partial charge in [-0.25, -0.2) is 4.98 Å². The van der Waals surface area contributed by atoms with Gasteiger partial charge in [0.1, 0.15) is 0 Å². The van der Waals surface area contributed by atoms with Crippen molar-refractivity contribution in [1.29, 1.82) is 0 Å². The highest BCUT2D eigenvalue weighted by Crippen LogP contribution is 2.32. The highest BCUT2D eigenvalue weighted by Gasteiger charge is 2.27. The van der Waals surface area contributed by atoms with E-state index in [9.17, 15) is 4.79 Å². The van der Waals surface area contributed by atoms with E-state index in [1.54, 1.807) is 11.3 Å². The standard InChI is InChI=1S/C9H10BrNO2S/c1-13-8(12)5-2-3-6-7(4-5)14-9(10)11-6/h5H,2-4H2,1H3. The molecule has 0 spiro atoms. The molecule has 5 heteroatoms. The fourth-order valence-corrected chi connectivity index (χ4v) is 3.42. The van der Waals surface area contributed by atoms with Crippen LogP contribution in [-0.4, -0.2) is 18.1 Å². The van der Waals surface area contributed by atoms with Crippen LogP contribution >= 0.6 is 27.3 Å². The van der Waals surface area contributed by atoms with Gasteiger partial charge in [-0.1, -0.05) is 0 Å². The molecular weight excluding hydrogens is 266 g/mol. The summed E-state index contributed by atoms with van der Waals surface area (Å²) in [5, 5.41) is 0. The lowest BCUT2D eigenvalue weighted by atomic mass is 9.91. The number of methoxy groups -OCH3 is 1. The van der Waals surface area contributed by atoms with Crippen molar-refractivity contribution in [2.75, 3.05) is 7.11 Å². The first-order chi connectivity index (χ1) is 6.70. The molecule has 0 amide bonds. The predicted molar refractivity (Wildman–Crippen MR) is 57.3 cm³/mol. The smallest absolute Gasteiger partial charge is 0.309 e. The molecule has 76 valence electrons. The number of ether oxygens (including phenoxy) is 1. The van der Waals surface area contributed by atoms with Gasteiger partial charge in [-0.3, -0.25) is 4.79 Å². The molecule has 0 N–H and O–H groups in total. The van der Waals surface area contributed by atoms with E-state index >= 15 is 0 Å². The van der Waals surface area contributed by atoms with Crippen molar-refractivity contribution in [1.82, 2.24) is 4.98 Å². The van der Waals surface area contributed by atoms with Crippen LogP contribution in [0.2, 0.25) is 0 Å². The Morgan fingerprint density at radius 1 is 1.71 bits per heavy atom. The van der Waals surface area contributed by atoms with Crippen LogP contribution in [0, 0.1) is 5.92 Å². The number of carbonyl (C=O) groups excluding carboxylic acids is 1. The summed E-state index contributed by atoms with van der Waals surface area (Å²) in [6.45, 7) is 0. The summed E-state index contributed by atoms with van der Waals surface area (Å²) in [6.07, 6.45) is 2.53. The van der Waals surface area contributed by atoms with Crippen molar-refractivity contribution in [3.8, 4) is 0 Å². The number of hydrogen-bond acceptors (Lipinski definition) is 4. The number of hydrogen-bond donors (Lipinski definition) is 0. The number of thiazole rings is 1. The third-order valence-corrected chi connectivity index (χ3v) is 4.02. The average Bonchev–Trinajstić information content (AvgIpc) is 2.55. The zero-order chi connectivity index (χ0) is 10.1. The van der Waals surface area contributed by atoms with Crippen LogP contribution in [0.15, 0.2) is 3.92 Å². The van der Waals surface area contributed by atoms with E-state index in [-0.39, 0.29) is 11.9 Å². The van der Waals surface area contributed by atoms with Gasteiger partial charge < -0.3 is 4.74 Å². The van der Waals surface area contributed by atoms with Gasteiger partial charge in [-0.2, -0.15) is 0 Å². The summed E-state index contributed by atoms with van der Waals surface area (Å²) in [4.78, 5) is 16.9. The van der Waals surface area contributed by atoms with Gasteiger partial charge in [-0.15, -0.1) is 11.3 Å². The fourth-order valence-electron chi connectivity index (χ4n) is 1.71. The van der Waals surface area contributed by atoms with Gasteiger partial charge in [-0.05, 0) is 35.2 Å². The van der Waals surface area contributed by atoms with E-state index < -0.39 is 0 Å². The first kappa shape index (κ1) is 10.1. The number of aryl methyl sites for hydroxylation is 1. The molecule has 1 aliphatic rings. The Balaban J connectivity index is 2.16. The third-order valence-electron chi connectivity index (χ3n) is 2.45. The second kappa shape index (κ2) is 3.98. The van der Waals surface area contributed by atoms with E-state index in [1.165, 1.54) is 12.0 Å². The SMILES string of the molecule is COC(=O)C1CCc2nc(Br)sc2C1. The Bertz CT molecular complexity index is 364. The van der Waals surface area contributed by atoms with Crippen LogP contribution in [0.3, 0.4) is 0 Å². The van der Waals surface area contributed by atoms with Crippen LogP contribution in [-0.2, 0) is 22.4 Å². The lowest BCUT2D eigenvalue weighted by molar-refractivity contribution is -0.145. The topological polar surface area (TPSA) is 39.2 Å². The van der Waals surface area contributed by atoms with Gasteiger partial charge >= 0.3 is 5.97 Å². The molecule has 0 aliphatic heterocycles. The number of nitrogens with zero attached hydrogens (tertiary/aromatic N) is 1. The number of fused-ring (bicyclic) bond motifs is 1. The molecule has 14 heavy (non-hydrogen) atoms. The molecule has 0 bridgehead atoms. The molecule has 1 heterocycles. The minimum absolute atomic E-state index is 0.0276. The van der Waals surface area contributed by atoms with Crippen LogP contribution in [0.4, 0.5) is 0 Å². The molecule has 3 nitrogen and oxygen atoms in total. The third kappa shape index (κ3) is 1.83. The molecular formula is C9H10BrNO2S.